The molecule has 1 aromatic heterocycles. The van der Waals surface area contributed by atoms with Gasteiger partial charge in [0.25, 0.3) is 0 Å². The van der Waals surface area contributed by atoms with Gasteiger partial charge < -0.3 is 5.73 Å². The molecule has 0 unspecified atom stereocenters. The lowest BCUT2D eigenvalue weighted by atomic mass is 10.1. The largest absolute Gasteiger partial charge is 0.389 e. The minimum absolute atomic E-state index is 0.267. The quantitative estimate of drug-likeness (QED) is 0.846. The molecule has 0 aliphatic heterocycles. The molecule has 0 saturated heterocycles. The van der Waals surface area contributed by atoms with Crippen molar-refractivity contribution in [3.05, 3.63) is 53.1 Å². The van der Waals surface area contributed by atoms with E-state index in [0.717, 1.165) is 11.1 Å². The summed E-state index contributed by atoms with van der Waals surface area (Å²) >= 11 is 4.94. The van der Waals surface area contributed by atoms with Gasteiger partial charge in [0.1, 0.15) is 10.8 Å². The number of aromatic nitrogens is 2. The second kappa shape index (κ2) is 4.63. The lowest BCUT2D eigenvalue weighted by Crippen LogP contribution is -2.14. The number of hydrogen-bond donors (Lipinski definition) is 1. The van der Waals surface area contributed by atoms with Crippen LogP contribution in [0.25, 0.3) is 0 Å². The number of aryl methyl sites for hydroxylation is 1. The molecule has 0 saturated carbocycles. The van der Waals surface area contributed by atoms with Crippen LogP contribution in [0, 0.1) is 12.7 Å². The normalized spacial score (nSPS) is 10.5. The van der Waals surface area contributed by atoms with Crippen LogP contribution < -0.4 is 5.73 Å². The van der Waals surface area contributed by atoms with E-state index in [2.05, 4.69) is 5.10 Å². The van der Waals surface area contributed by atoms with Crippen LogP contribution in [-0.4, -0.2) is 14.8 Å². The molecule has 1 heterocycles. The summed E-state index contributed by atoms with van der Waals surface area (Å²) in [5.41, 5.74) is 8.08. The number of nitrogens with two attached hydrogens (primary N) is 1. The zero-order valence-electron chi connectivity index (χ0n) is 9.35. The first-order valence-corrected chi connectivity index (χ1v) is 5.54. The van der Waals surface area contributed by atoms with E-state index in [9.17, 15) is 4.39 Å². The zero-order valence-corrected chi connectivity index (χ0v) is 10.2. The van der Waals surface area contributed by atoms with E-state index >= 15 is 0 Å². The molecule has 1 aromatic carbocycles. The molecule has 2 rings (SSSR count). The van der Waals surface area contributed by atoms with Gasteiger partial charge >= 0.3 is 0 Å². The molecule has 0 radical (unpaired) electrons. The van der Waals surface area contributed by atoms with Crippen LogP contribution in [-0.2, 0) is 6.54 Å². The molecular formula is C12H12FN3S. The highest BCUT2D eigenvalue weighted by atomic mass is 32.1. The Kier molecular flexibility index (Phi) is 3.19. The molecule has 0 spiro atoms. The topological polar surface area (TPSA) is 43.8 Å². The fourth-order valence-corrected chi connectivity index (χ4v) is 1.86. The first-order chi connectivity index (χ1) is 8.06. The summed E-state index contributed by atoms with van der Waals surface area (Å²) in [6.45, 7) is 2.40. The van der Waals surface area contributed by atoms with Crippen molar-refractivity contribution >= 4 is 17.2 Å². The van der Waals surface area contributed by atoms with Gasteiger partial charge in [0, 0.05) is 11.8 Å². The monoisotopic (exact) mass is 249 g/mol. The average Bonchev–Trinajstić information content (AvgIpc) is 2.63. The first-order valence-electron chi connectivity index (χ1n) is 5.13. The summed E-state index contributed by atoms with van der Waals surface area (Å²) in [5.74, 6) is -0.302. The van der Waals surface area contributed by atoms with E-state index in [0.29, 0.717) is 12.1 Å². The molecular weight excluding hydrogens is 237 g/mol. The number of halogens is 1. The molecule has 0 aliphatic carbocycles. The maximum atomic E-state index is 13.2. The minimum atomic E-state index is -0.302. The van der Waals surface area contributed by atoms with Crippen molar-refractivity contribution in [1.82, 2.24) is 9.78 Å². The predicted molar refractivity (Wildman–Crippen MR) is 68.4 cm³/mol. The number of benzene rings is 1. The summed E-state index contributed by atoms with van der Waals surface area (Å²) < 4.78 is 14.9. The summed E-state index contributed by atoms with van der Waals surface area (Å²) in [7, 11) is 0. The number of nitrogens with zero attached hydrogens (tertiary/aromatic N) is 2. The molecule has 5 heteroatoms. The Bertz CT molecular complexity index is 563. The Morgan fingerprint density at radius 1 is 1.53 bits per heavy atom. The molecule has 17 heavy (non-hydrogen) atoms. The summed E-state index contributed by atoms with van der Waals surface area (Å²) in [6.07, 6.45) is 3.63. The van der Waals surface area contributed by atoms with E-state index in [1.807, 2.05) is 13.1 Å². The van der Waals surface area contributed by atoms with Gasteiger partial charge in [-0.05, 0) is 36.2 Å². The molecule has 0 bridgehead atoms. The lowest BCUT2D eigenvalue weighted by Gasteiger charge is -2.08. The van der Waals surface area contributed by atoms with Gasteiger partial charge in [-0.1, -0.05) is 12.2 Å². The van der Waals surface area contributed by atoms with Gasteiger partial charge in [0.2, 0.25) is 0 Å². The average molecular weight is 249 g/mol. The number of hydrogen-bond acceptors (Lipinski definition) is 2. The smallest absolute Gasteiger partial charge is 0.123 e. The van der Waals surface area contributed by atoms with Gasteiger partial charge in [-0.25, -0.2) is 4.39 Å². The molecule has 88 valence electrons. The molecule has 0 aliphatic rings. The Morgan fingerprint density at radius 3 is 2.88 bits per heavy atom. The van der Waals surface area contributed by atoms with Gasteiger partial charge in [0.05, 0.1) is 12.7 Å². The SMILES string of the molecule is Cc1cnn(Cc2cc(F)ccc2C(N)=S)c1. The van der Waals surface area contributed by atoms with Crippen LogP contribution in [0.2, 0.25) is 0 Å². The van der Waals surface area contributed by atoms with Crippen LogP contribution in [0.1, 0.15) is 16.7 Å². The van der Waals surface area contributed by atoms with Crippen molar-refractivity contribution < 1.29 is 4.39 Å². The third-order valence-electron chi connectivity index (χ3n) is 2.43. The Balaban J connectivity index is 2.37. The van der Waals surface area contributed by atoms with Crippen LogP contribution in [0.4, 0.5) is 4.39 Å². The highest BCUT2D eigenvalue weighted by Gasteiger charge is 2.07. The highest BCUT2D eigenvalue weighted by Crippen LogP contribution is 2.13. The maximum Gasteiger partial charge on any atom is 0.123 e. The Morgan fingerprint density at radius 2 is 2.29 bits per heavy atom. The van der Waals surface area contributed by atoms with E-state index in [-0.39, 0.29) is 10.8 Å². The van der Waals surface area contributed by atoms with Gasteiger partial charge in [-0.15, -0.1) is 0 Å². The fraction of sp³-hybridized carbons (Fsp3) is 0.167. The van der Waals surface area contributed by atoms with Crippen molar-refractivity contribution in [3.63, 3.8) is 0 Å². The van der Waals surface area contributed by atoms with Gasteiger partial charge in [0.15, 0.2) is 0 Å². The van der Waals surface area contributed by atoms with E-state index in [1.165, 1.54) is 12.1 Å². The zero-order chi connectivity index (χ0) is 12.4. The molecule has 0 fully saturated rings. The Hall–Kier alpha value is -1.75. The minimum Gasteiger partial charge on any atom is -0.389 e. The van der Waals surface area contributed by atoms with Crippen molar-refractivity contribution in [2.45, 2.75) is 13.5 Å². The van der Waals surface area contributed by atoms with Crippen molar-refractivity contribution in [2.75, 3.05) is 0 Å². The molecule has 0 amide bonds. The van der Waals surface area contributed by atoms with Gasteiger partial charge in [-0.3, -0.25) is 4.68 Å². The molecule has 2 aromatic rings. The predicted octanol–water partition coefficient (Wildman–Crippen LogP) is 2.01. The molecule has 2 N–H and O–H groups in total. The molecule has 3 nitrogen and oxygen atoms in total. The van der Waals surface area contributed by atoms with E-state index in [4.69, 9.17) is 18.0 Å². The molecule has 0 atom stereocenters. The third-order valence-corrected chi connectivity index (χ3v) is 2.65. The highest BCUT2D eigenvalue weighted by molar-refractivity contribution is 7.80. The van der Waals surface area contributed by atoms with E-state index < -0.39 is 0 Å². The van der Waals surface area contributed by atoms with Crippen molar-refractivity contribution in [2.24, 2.45) is 5.73 Å². The fourth-order valence-electron chi connectivity index (χ4n) is 1.66. The van der Waals surface area contributed by atoms with Crippen LogP contribution >= 0.6 is 12.2 Å². The first kappa shape index (κ1) is 11.7. The third kappa shape index (κ3) is 2.68. The maximum absolute atomic E-state index is 13.2. The summed E-state index contributed by atoms with van der Waals surface area (Å²) in [5, 5.41) is 4.15. The lowest BCUT2D eigenvalue weighted by molar-refractivity contribution is 0.619. The standard InChI is InChI=1S/C12H12FN3S/c1-8-5-15-16(6-8)7-9-4-10(13)2-3-11(9)12(14)17/h2-6H,7H2,1H3,(H2,14,17). The van der Waals surface area contributed by atoms with Crippen LogP contribution in [0.5, 0.6) is 0 Å². The Labute approximate surface area is 104 Å². The van der Waals surface area contributed by atoms with Crippen molar-refractivity contribution in [1.29, 1.82) is 0 Å². The van der Waals surface area contributed by atoms with Crippen molar-refractivity contribution in [3.8, 4) is 0 Å². The second-order valence-electron chi connectivity index (χ2n) is 3.88. The summed E-state index contributed by atoms with van der Waals surface area (Å²) in [4.78, 5) is 0.267. The summed E-state index contributed by atoms with van der Waals surface area (Å²) in [6, 6.07) is 4.39. The second-order valence-corrected chi connectivity index (χ2v) is 4.32. The van der Waals surface area contributed by atoms with Crippen LogP contribution in [0.15, 0.2) is 30.6 Å². The van der Waals surface area contributed by atoms with E-state index in [1.54, 1.807) is 16.9 Å². The van der Waals surface area contributed by atoms with Crippen LogP contribution in [0.3, 0.4) is 0 Å². The number of rotatable bonds is 3. The number of thiocarbonyl (C=S) groups is 1. The van der Waals surface area contributed by atoms with Gasteiger partial charge in [-0.2, -0.15) is 5.10 Å².